The van der Waals surface area contributed by atoms with Gasteiger partial charge in [-0.15, -0.1) is 0 Å². The van der Waals surface area contributed by atoms with Crippen molar-refractivity contribution >= 4 is 12.4 Å². The molecule has 0 aliphatic rings. The molecule has 8 heavy (non-hydrogen) atoms. The standard InChI is InChI=1S/C4H9N3O/c1-2-6-3-7-4(5)8/h3H,2H2,1H3,(H3,5,6,7,8). The van der Waals surface area contributed by atoms with Crippen molar-refractivity contribution in [1.82, 2.24) is 5.32 Å². The smallest absolute Gasteiger partial charge is 0.317 e. The molecule has 4 heteroatoms. The number of aliphatic imine (C=N–C) groups is 1. The first kappa shape index (κ1) is 6.94. The summed E-state index contributed by atoms with van der Waals surface area (Å²) in [6.45, 7) is 2.51. The SMILES string of the molecule is CCN=CNC(N)=O. The number of nitrogens with zero attached hydrogens (tertiary/aromatic N) is 1. The quantitative estimate of drug-likeness (QED) is 0.376. The highest BCUT2D eigenvalue weighted by Crippen LogP contribution is 1.58. The van der Waals surface area contributed by atoms with Gasteiger partial charge in [-0.25, -0.2) is 4.79 Å². The average molecular weight is 115 g/mol. The molecule has 0 aromatic rings. The van der Waals surface area contributed by atoms with Gasteiger partial charge in [0, 0.05) is 6.54 Å². The molecule has 0 bridgehead atoms. The summed E-state index contributed by atoms with van der Waals surface area (Å²) in [4.78, 5) is 13.6. The van der Waals surface area contributed by atoms with Crippen LogP contribution in [0.25, 0.3) is 0 Å². The van der Waals surface area contributed by atoms with Gasteiger partial charge in [-0.3, -0.25) is 10.3 Å². The Morgan fingerprint density at radius 1 is 2.00 bits per heavy atom. The average Bonchev–Trinajstić information content (AvgIpc) is 1.66. The molecule has 0 aromatic heterocycles. The Morgan fingerprint density at radius 3 is 3.00 bits per heavy atom. The fourth-order valence-electron chi connectivity index (χ4n) is 0.201. The molecule has 0 fully saturated rings. The molecule has 3 N–H and O–H groups in total. The Balaban J connectivity index is 3.16. The maximum Gasteiger partial charge on any atom is 0.317 e. The summed E-state index contributed by atoms with van der Waals surface area (Å²) in [6, 6.07) is -0.581. The van der Waals surface area contributed by atoms with Crippen LogP contribution in [0.2, 0.25) is 0 Å². The fourth-order valence-corrected chi connectivity index (χ4v) is 0.201. The molecule has 0 saturated heterocycles. The van der Waals surface area contributed by atoms with Crippen LogP contribution in [0.4, 0.5) is 4.79 Å². The van der Waals surface area contributed by atoms with Crippen molar-refractivity contribution in [1.29, 1.82) is 0 Å². The lowest BCUT2D eigenvalue weighted by Gasteiger charge is -1.86. The van der Waals surface area contributed by atoms with Crippen LogP contribution in [0.1, 0.15) is 6.92 Å². The number of rotatable bonds is 2. The van der Waals surface area contributed by atoms with E-state index in [0.717, 1.165) is 0 Å². The summed E-state index contributed by atoms with van der Waals surface area (Å²) >= 11 is 0. The van der Waals surface area contributed by atoms with Crippen molar-refractivity contribution in [3.05, 3.63) is 0 Å². The van der Waals surface area contributed by atoms with E-state index in [1.54, 1.807) is 0 Å². The van der Waals surface area contributed by atoms with Gasteiger partial charge in [0.1, 0.15) is 0 Å². The minimum Gasteiger partial charge on any atom is -0.351 e. The number of nitrogens with one attached hydrogen (secondary N) is 1. The highest BCUT2D eigenvalue weighted by Gasteiger charge is 1.79. The molecule has 0 heterocycles. The van der Waals surface area contributed by atoms with Crippen LogP contribution in [0, 0.1) is 0 Å². The van der Waals surface area contributed by atoms with E-state index in [9.17, 15) is 4.79 Å². The molecule has 0 radical (unpaired) electrons. The maximum absolute atomic E-state index is 9.89. The monoisotopic (exact) mass is 115 g/mol. The van der Waals surface area contributed by atoms with Gasteiger partial charge in [-0.05, 0) is 6.92 Å². The topological polar surface area (TPSA) is 67.5 Å². The first-order valence-corrected chi connectivity index (χ1v) is 2.31. The summed E-state index contributed by atoms with van der Waals surface area (Å²) in [7, 11) is 0. The van der Waals surface area contributed by atoms with Crippen LogP contribution < -0.4 is 11.1 Å². The zero-order chi connectivity index (χ0) is 6.41. The zero-order valence-electron chi connectivity index (χ0n) is 4.72. The number of hydrogen-bond donors (Lipinski definition) is 2. The van der Waals surface area contributed by atoms with Crippen molar-refractivity contribution in [3.63, 3.8) is 0 Å². The summed E-state index contributed by atoms with van der Waals surface area (Å²) in [5.74, 6) is 0. The van der Waals surface area contributed by atoms with Crippen molar-refractivity contribution in [2.75, 3.05) is 6.54 Å². The van der Waals surface area contributed by atoms with Crippen LogP contribution in [-0.4, -0.2) is 18.9 Å². The summed E-state index contributed by atoms with van der Waals surface area (Å²) in [5.41, 5.74) is 4.69. The third-order valence-electron chi connectivity index (χ3n) is 0.481. The van der Waals surface area contributed by atoms with Crippen molar-refractivity contribution in [3.8, 4) is 0 Å². The maximum atomic E-state index is 9.89. The summed E-state index contributed by atoms with van der Waals surface area (Å²) < 4.78 is 0. The lowest BCUT2D eigenvalue weighted by atomic mass is 10.8. The lowest BCUT2D eigenvalue weighted by Crippen LogP contribution is -2.27. The minimum atomic E-state index is -0.581. The zero-order valence-corrected chi connectivity index (χ0v) is 4.72. The normalized spacial score (nSPS) is 9.62. The first-order valence-electron chi connectivity index (χ1n) is 2.31. The van der Waals surface area contributed by atoms with Gasteiger partial charge in [0.15, 0.2) is 0 Å². The van der Waals surface area contributed by atoms with Gasteiger partial charge in [-0.2, -0.15) is 0 Å². The summed E-state index contributed by atoms with van der Waals surface area (Å²) in [5, 5.41) is 2.19. The van der Waals surface area contributed by atoms with Crippen molar-refractivity contribution in [2.24, 2.45) is 10.7 Å². The van der Waals surface area contributed by atoms with Crippen LogP contribution in [-0.2, 0) is 0 Å². The molecule has 46 valence electrons. The molecule has 0 aliphatic carbocycles. The van der Waals surface area contributed by atoms with Gasteiger partial charge >= 0.3 is 6.03 Å². The molecule has 0 aromatic carbocycles. The van der Waals surface area contributed by atoms with Crippen molar-refractivity contribution < 1.29 is 4.79 Å². The Bertz CT molecular complexity index is 99.5. The first-order chi connectivity index (χ1) is 3.77. The van der Waals surface area contributed by atoms with Gasteiger partial charge < -0.3 is 5.73 Å². The second-order valence-electron chi connectivity index (χ2n) is 1.14. The van der Waals surface area contributed by atoms with E-state index in [1.165, 1.54) is 6.34 Å². The van der Waals surface area contributed by atoms with Gasteiger partial charge in [-0.1, -0.05) is 0 Å². The number of urea groups is 1. The molecule has 0 rings (SSSR count). The Kier molecular flexibility index (Phi) is 3.56. The van der Waals surface area contributed by atoms with E-state index in [0.29, 0.717) is 6.54 Å². The van der Waals surface area contributed by atoms with Gasteiger partial charge in [0.2, 0.25) is 0 Å². The lowest BCUT2D eigenvalue weighted by molar-refractivity contribution is 0.253. The Labute approximate surface area is 47.8 Å². The number of carbonyl (C=O) groups is 1. The minimum absolute atomic E-state index is 0.581. The number of hydrogen-bond acceptors (Lipinski definition) is 2. The highest BCUT2D eigenvalue weighted by atomic mass is 16.2. The molecular formula is C4H9N3O. The van der Waals surface area contributed by atoms with E-state index in [2.05, 4.69) is 10.3 Å². The molecule has 0 atom stereocenters. The number of primary amides is 1. The third-order valence-corrected chi connectivity index (χ3v) is 0.481. The third kappa shape index (κ3) is 4.94. The predicted octanol–water partition coefficient (Wildman–Crippen LogP) is -0.297. The van der Waals surface area contributed by atoms with Gasteiger partial charge in [0.25, 0.3) is 0 Å². The predicted molar refractivity (Wildman–Crippen MR) is 31.8 cm³/mol. The van der Waals surface area contributed by atoms with E-state index in [4.69, 9.17) is 5.73 Å². The van der Waals surface area contributed by atoms with Crippen molar-refractivity contribution in [2.45, 2.75) is 6.92 Å². The molecule has 0 unspecified atom stereocenters. The molecular weight excluding hydrogens is 106 g/mol. The highest BCUT2D eigenvalue weighted by molar-refractivity contribution is 5.84. The summed E-state index contributed by atoms with van der Waals surface area (Å²) in [6.07, 6.45) is 1.28. The molecule has 4 nitrogen and oxygen atoms in total. The molecule has 0 saturated carbocycles. The number of carbonyl (C=O) groups excluding carboxylic acids is 1. The van der Waals surface area contributed by atoms with Crippen LogP contribution >= 0.6 is 0 Å². The van der Waals surface area contributed by atoms with E-state index in [-0.39, 0.29) is 0 Å². The van der Waals surface area contributed by atoms with E-state index >= 15 is 0 Å². The largest absolute Gasteiger partial charge is 0.351 e. The Hall–Kier alpha value is -1.06. The number of amides is 2. The van der Waals surface area contributed by atoms with Gasteiger partial charge in [0.05, 0.1) is 6.34 Å². The Morgan fingerprint density at radius 2 is 2.62 bits per heavy atom. The molecule has 0 spiro atoms. The van der Waals surface area contributed by atoms with Crippen LogP contribution in [0.5, 0.6) is 0 Å². The van der Waals surface area contributed by atoms with Crippen LogP contribution in [0.3, 0.4) is 0 Å². The van der Waals surface area contributed by atoms with E-state index in [1.807, 2.05) is 6.92 Å². The molecule has 0 aliphatic heterocycles. The second kappa shape index (κ2) is 4.11. The molecule has 2 amide bonds. The second-order valence-corrected chi connectivity index (χ2v) is 1.14. The fraction of sp³-hybridized carbons (Fsp3) is 0.500. The number of nitrogens with two attached hydrogens (primary N) is 1. The van der Waals surface area contributed by atoms with Crippen LogP contribution in [0.15, 0.2) is 4.99 Å². The van der Waals surface area contributed by atoms with E-state index < -0.39 is 6.03 Å².